The Kier molecular flexibility index (Phi) is 2.50. The van der Waals surface area contributed by atoms with Gasteiger partial charge in [0.25, 0.3) is 0 Å². The van der Waals surface area contributed by atoms with Gasteiger partial charge >= 0.3 is 0 Å². The molecule has 1 aliphatic carbocycles. The molecule has 0 bridgehead atoms. The van der Waals surface area contributed by atoms with Gasteiger partial charge in [0.15, 0.2) is 0 Å². The van der Waals surface area contributed by atoms with Gasteiger partial charge in [0.05, 0.1) is 0 Å². The highest BCUT2D eigenvalue weighted by atomic mass is 35.5. The molecule has 3 heteroatoms. The molecule has 0 aromatic heterocycles. The lowest BCUT2D eigenvalue weighted by atomic mass is 10.0. The van der Waals surface area contributed by atoms with Crippen LogP contribution >= 0.6 is 11.6 Å². The van der Waals surface area contributed by atoms with Crippen LogP contribution in [0.3, 0.4) is 0 Å². The summed E-state index contributed by atoms with van der Waals surface area (Å²) in [6.07, 6.45) is 3.72. The first-order chi connectivity index (χ1) is 6.59. The van der Waals surface area contributed by atoms with Crippen LogP contribution in [0.2, 0.25) is 5.02 Å². The summed E-state index contributed by atoms with van der Waals surface area (Å²) in [5.74, 6) is -0.221. The third kappa shape index (κ3) is 2.25. The summed E-state index contributed by atoms with van der Waals surface area (Å²) in [6, 6.07) is 4.81. The van der Waals surface area contributed by atoms with E-state index in [2.05, 4.69) is 0 Å². The first-order valence-corrected chi connectivity index (χ1v) is 5.20. The van der Waals surface area contributed by atoms with E-state index in [4.69, 9.17) is 17.3 Å². The Balaban J connectivity index is 2.02. The second-order valence-corrected chi connectivity index (χ2v) is 4.53. The number of aryl methyl sites for hydroxylation is 1. The van der Waals surface area contributed by atoms with Crippen molar-refractivity contribution in [3.63, 3.8) is 0 Å². The van der Waals surface area contributed by atoms with E-state index < -0.39 is 0 Å². The van der Waals surface area contributed by atoms with Gasteiger partial charge in [0.2, 0.25) is 0 Å². The number of hydrogen-bond acceptors (Lipinski definition) is 1. The largest absolute Gasteiger partial charge is 0.325 e. The lowest BCUT2D eigenvalue weighted by Gasteiger charge is -2.08. The fourth-order valence-corrected chi connectivity index (χ4v) is 1.68. The van der Waals surface area contributed by atoms with E-state index in [0.717, 1.165) is 19.3 Å². The van der Waals surface area contributed by atoms with Crippen molar-refractivity contribution in [2.24, 2.45) is 5.73 Å². The normalized spacial score (nSPS) is 18.2. The second-order valence-electron chi connectivity index (χ2n) is 4.10. The van der Waals surface area contributed by atoms with E-state index in [1.807, 2.05) is 0 Å². The number of nitrogens with two attached hydrogens (primary N) is 1. The molecule has 1 nitrogen and oxygen atoms in total. The minimum absolute atomic E-state index is 0.00786. The molecule has 0 aliphatic heterocycles. The molecular weight excluding hydrogens is 201 g/mol. The molecule has 1 aromatic rings. The van der Waals surface area contributed by atoms with Gasteiger partial charge in [-0.1, -0.05) is 17.7 Å². The molecule has 2 rings (SSSR count). The van der Waals surface area contributed by atoms with Crippen molar-refractivity contribution < 1.29 is 4.39 Å². The molecule has 0 heterocycles. The Morgan fingerprint density at radius 3 is 2.71 bits per heavy atom. The molecule has 0 atom stereocenters. The monoisotopic (exact) mass is 213 g/mol. The highest BCUT2D eigenvalue weighted by Gasteiger charge is 2.37. The zero-order valence-corrected chi connectivity index (χ0v) is 8.65. The summed E-state index contributed by atoms with van der Waals surface area (Å²) in [5.41, 5.74) is 6.63. The molecular formula is C11H13ClFN. The van der Waals surface area contributed by atoms with Crippen LogP contribution in [0.4, 0.5) is 4.39 Å². The maximum atomic E-state index is 13.3. The van der Waals surface area contributed by atoms with Crippen molar-refractivity contribution in [2.75, 3.05) is 0 Å². The molecule has 0 unspecified atom stereocenters. The zero-order chi connectivity index (χ0) is 10.2. The van der Waals surface area contributed by atoms with Crippen molar-refractivity contribution in [1.82, 2.24) is 0 Å². The first-order valence-electron chi connectivity index (χ1n) is 4.82. The minimum atomic E-state index is -0.221. The lowest BCUT2D eigenvalue weighted by molar-refractivity contribution is 0.571. The molecule has 2 N–H and O–H groups in total. The highest BCUT2D eigenvalue weighted by molar-refractivity contribution is 6.30. The van der Waals surface area contributed by atoms with Crippen LogP contribution in [-0.2, 0) is 6.42 Å². The predicted octanol–water partition coefficient (Wildman–Crippen LogP) is 2.90. The summed E-state index contributed by atoms with van der Waals surface area (Å²) >= 11 is 5.65. The molecule has 0 radical (unpaired) electrons. The Labute approximate surface area is 88.1 Å². The third-order valence-electron chi connectivity index (χ3n) is 2.80. The van der Waals surface area contributed by atoms with E-state index in [-0.39, 0.29) is 11.4 Å². The smallest absolute Gasteiger partial charge is 0.127 e. The van der Waals surface area contributed by atoms with Gasteiger partial charge in [-0.3, -0.25) is 0 Å². The molecule has 1 aliphatic rings. The second kappa shape index (κ2) is 3.52. The first kappa shape index (κ1) is 9.94. The average molecular weight is 214 g/mol. The van der Waals surface area contributed by atoms with Crippen molar-refractivity contribution in [3.8, 4) is 0 Å². The molecule has 1 saturated carbocycles. The van der Waals surface area contributed by atoms with E-state index >= 15 is 0 Å². The van der Waals surface area contributed by atoms with E-state index in [1.165, 1.54) is 6.07 Å². The van der Waals surface area contributed by atoms with E-state index in [9.17, 15) is 4.39 Å². The summed E-state index contributed by atoms with van der Waals surface area (Å²) in [7, 11) is 0. The van der Waals surface area contributed by atoms with Crippen LogP contribution in [0.25, 0.3) is 0 Å². The summed E-state index contributed by atoms with van der Waals surface area (Å²) in [6.45, 7) is 0. The SMILES string of the molecule is NC1(CCc2ccc(Cl)cc2F)CC1. The van der Waals surface area contributed by atoms with Crippen molar-refractivity contribution in [1.29, 1.82) is 0 Å². The topological polar surface area (TPSA) is 26.0 Å². The van der Waals surface area contributed by atoms with Gasteiger partial charge < -0.3 is 5.73 Å². The quantitative estimate of drug-likeness (QED) is 0.821. The molecule has 0 amide bonds. The molecule has 0 saturated heterocycles. The van der Waals surface area contributed by atoms with Gasteiger partial charge in [-0.15, -0.1) is 0 Å². The van der Waals surface area contributed by atoms with Crippen LogP contribution in [0.15, 0.2) is 18.2 Å². The Hall–Kier alpha value is -0.600. The van der Waals surface area contributed by atoms with Crippen molar-refractivity contribution in [2.45, 2.75) is 31.2 Å². The Morgan fingerprint density at radius 1 is 1.43 bits per heavy atom. The summed E-state index contributed by atoms with van der Waals surface area (Å²) in [4.78, 5) is 0. The third-order valence-corrected chi connectivity index (χ3v) is 3.03. The fourth-order valence-electron chi connectivity index (χ4n) is 1.52. The minimum Gasteiger partial charge on any atom is -0.325 e. The zero-order valence-electron chi connectivity index (χ0n) is 7.89. The molecule has 76 valence electrons. The van der Waals surface area contributed by atoms with Crippen LogP contribution in [0.1, 0.15) is 24.8 Å². The van der Waals surface area contributed by atoms with E-state index in [1.54, 1.807) is 12.1 Å². The Bertz CT molecular complexity index is 347. The van der Waals surface area contributed by atoms with Gasteiger partial charge in [-0.25, -0.2) is 4.39 Å². The number of halogens is 2. The van der Waals surface area contributed by atoms with E-state index in [0.29, 0.717) is 17.0 Å². The van der Waals surface area contributed by atoms with Crippen LogP contribution in [0, 0.1) is 5.82 Å². The number of hydrogen-bond donors (Lipinski definition) is 1. The summed E-state index contributed by atoms with van der Waals surface area (Å²) in [5, 5.41) is 0.445. The standard InChI is InChI=1S/C11H13ClFN/c12-9-2-1-8(10(13)7-9)3-4-11(14)5-6-11/h1-2,7H,3-6,14H2. The van der Waals surface area contributed by atoms with Crippen molar-refractivity contribution >= 4 is 11.6 Å². The number of rotatable bonds is 3. The average Bonchev–Trinajstić information content (AvgIpc) is 2.83. The maximum Gasteiger partial charge on any atom is 0.127 e. The Morgan fingerprint density at radius 2 is 2.14 bits per heavy atom. The van der Waals surface area contributed by atoms with Crippen LogP contribution in [0.5, 0.6) is 0 Å². The molecule has 14 heavy (non-hydrogen) atoms. The highest BCUT2D eigenvalue weighted by Crippen LogP contribution is 2.36. The molecule has 1 aromatic carbocycles. The lowest BCUT2D eigenvalue weighted by Crippen LogP contribution is -2.22. The van der Waals surface area contributed by atoms with Gasteiger partial charge in [0.1, 0.15) is 5.82 Å². The fraction of sp³-hybridized carbons (Fsp3) is 0.455. The van der Waals surface area contributed by atoms with Crippen LogP contribution in [-0.4, -0.2) is 5.54 Å². The molecule has 1 fully saturated rings. The van der Waals surface area contributed by atoms with Gasteiger partial charge in [-0.2, -0.15) is 0 Å². The van der Waals surface area contributed by atoms with Crippen LogP contribution < -0.4 is 5.73 Å². The number of benzene rings is 1. The van der Waals surface area contributed by atoms with Crippen molar-refractivity contribution in [3.05, 3.63) is 34.6 Å². The summed E-state index contributed by atoms with van der Waals surface area (Å²) < 4.78 is 13.3. The predicted molar refractivity (Wildman–Crippen MR) is 55.9 cm³/mol. The maximum absolute atomic E-state index is 13.3. The molecule has 0 spiro atoms. The van der Waals surface area contributed by atoms with Gasteiger partial charge in [-0.05, 0) is 43.4 Å². The van der Waals surface area contributed by atoms with Gasteiger partial charge in [0, 0.05) is 10.6 Å².